The predicted molar refractivity (Wildman–Crippen MR) is 97.0 cm³/mol. The minimum absolute atomic E-state index is 0.0762. The molecule has 2 aromatic rings. The lowest BCUT2D eigenvalue weighted by atomic mass is 10.0. The van der Waals surface area contributed by atoms with Crippen LogP contribution in [0.5, 0.6) is 0 Å². The summed E-state index contributed by atoms with van der Waals surface area (Å²) in [6, 6.07) is 5.40. The highest BCUT2D eigenvalue weighted by molar-refractivity contribution is 7.09. The molecule has 1 heterocycles. The van der Waals surface area contributed by atoms with E-state index in [9.17, 15) is 14.0 Å². The van der Waals surface area contributed by atoms with Crippen molar-refractivity contribution in [2.24, 2.45) is 5.92 Å². The number of thiazole rings is 1. The molecule has 0 saturated carbocycles. The van der Waals surface area contributed by atoms with Crippen molar-refractivity contribution >= 4 is 23.0 Å². The first-order chi connectivity index (χ1) is 12.0. The van der Waals surface area contributed by atoms with Crippen LogP contribution in [0.25, 0.3) is 0 Å². The van der Waals surface area contributed by atoms with Crippen LogP contribution >= 0.6 is 11.3 Å². The van der Waals surface area contributed by atoms with E-state index in [1.807, 2.05) is 5.38 Å². The molecule has 0 aliphatic rings. The first kappa shape index (κ1) is 19.2. The average Bonchev–Trinajstić information content (AvgIpc) is 3.08. The average molecular weight is 362 g/mol. The summed E-state index contributed by atoms with van der Waals surface area (Å²) >= 11 is 1.53. The molecular formula is C19H23FN2O2S. The van der Waals surface area contributed by atoms with E-state index in [1.165, 1.54) is 35.6 Å². The van der Waals surface area contributed by atoms with Crippen LogP contribution in [-0.2, 0) is 4.79 Å². The number of rotatable bonds is 9. The Morgan fingerprint density at radius 2 is 1.92 bits per heavy atom. The summed E-state index contributed by atoms with van der Waals surface area (Å²) in [6.45, 7) is 4.21. The van der Waals surface area contributed by atoms with Crippen LogP contribution in [0.15, 0.2) is 35.8 Å². The standard InChI is InChI=1S/C19H23FN2O2S/c1-13(2)12-16(19-21-10-11-25-19)22-18(24)5-3-4-17(23)14-6-8-15(20)9-7-14/h6-11,13,16H,3-5,12H2,1-2H3,(H,22,24). The zero-order chi connectivity index (χ0) is 18.2. The van der Waals surface area contributed by atoms with E-state index in [1.54, 1.807) is 6.20 Å². The number of nitrogens with zero attached hydrogens (tertiary/aromatic N) is 1. The Hall–Kier alpha value is -2.08. The van der Waals surface area contributed by atoms with Gasteiger partial charge < -0.3 is 5.32 Å². The van der Waals surface area contributed by atoms with Crippen molar-refractivity contribution in [1.82, 2.24) is 10.3 Å². The van der Waals surface area contributed by atoms with E-state index in [2.05, 4.69) is 24.1 Å². The van der Waals surface area contributed by atoms with Gasteiger partial charge in [0.05, 0.1) is 6.04 Å². The summed E-state index contributed by atoms with van der Waals surface area (Å²) < 4.78 is 12.9. The number of benzene rings is 1. The van der Waals surface area contributed by atoms with Crippen molar-refractivity contribution in [3.63, 3.8) is 0 Å². The third-order valence-electron chi connectivity index (χ3n) is 3.77. The number of ketones is 1. The zero-order valence-corrected chi connectivity index (χ0v) is 15.3. The highest BCUT2D eigenvalue weighted by Gasteiger charge is 2.18. The van der Waals surface area contributed by atoms with Gasteiger partial charge in [-0.05, 0) is 43.0 Å². The van der Waals surface area contributed by atoms with Gasteiger partial charge in [-0.15, -0.1) is 11.3 Å². The van der Waals surface area contributed by atoms with E-state index in [4.69, 9.17) is 0 Å². The molecule has 0 bridgehead atoms. The molecule has 0 saturated heterocycles. The van der Waals surface area contributed by atoms with Crippen molar-refractivity contribution in [3.05, 3.63) is 52.2 Å². The molecule has 1 aromatic heterocycles. The van der Waals surface area contributed by atoms with Crippen LogP contribution in [0.2, 0.25) is 0 Å². The molecule has 0 aliphatic heterocycles. The second-order valence-electron chi connectivity index (χ2n) is 6.40. The number of aromatic nitrogens is 1. The Morgan fingerprint density at radius 1 is 1.20 bits per heavy atom. The summed E-state index contributed by atoms with van der Waals surface area (Å²) in [5.74, 6) is -0.0808. The number of carbonyl (C=O) groups is 2. The molecule has 6 heteroatoms. The Bertz CT molecular complexity index is 684. The summed E-state index contributed by atoms with van der Waals surface area (Å²) in [7, 11) is 0. The third-order valence-corrected chi connectivity index (χ3v) is 4.65. The molecule has 134 valence electrons. The van der Waals surface area contributed by atoms with Gasteiger partial charge in [0, 0.05) is 30.0 Å². The van der Waals surface area contributed by atoms with E-state index < -0.39 is 0 Å². The first-order valence-corrected chi connectivity index (χ1v) is 9.31. The number of Topliss-reactive ketones (excluding diaryl/α,β-unsaturated/α-hetero) is 1. The molecule has 0 fully saturated rings. The molecule has 1 unspecified atom stereocenters. The Labute approximate surface area is 151 Å². The lowest BCUT2D eigenvalue weighted by molar-refractivity contribution is -0.122. The van der Waals surface area contributed by atoms with Gasteiger partial charge in [-0.2, -0.15) is 0 Å². The number of nitrogens with one attached hydrogen (secondary N) is 1. The Kier molecular flexibility index (Phi) is 7.25. The van der Waals surface area contributed by atoms with E-state index >= 15 is 0 Å². The van der Waals surface area contributed by atoms with Gasteiger partial charge in [0.25, 0.3) is 0 Å². The number of hydrogen-bond acceptors (Lipinski definition) is 4. The van der Waals surface area contributed by atoms with Gasteiger partial charge in [0.2, 0.25) is 5.91 Å². The highest BCUT2D eigenvalue weighted by atomic mass is 32.1. The predicted octanol–water partition coefficient (Wildman–Crippen LogP) is 4.54. The summed E-state index contributed by atoms with van der Waals surface area (Å²) in [5.41, 5.74) is 0.474. The lowest BCUT2D eigenvalue weighted by Crippen LogP contribution is -2.29. The maximum absolute atomic E-state index is 12.9. The number of halogens is 1. The maximum atomic E-state index is 12.9. The minimum Gasteiger partial charge on any atom is -0.347 e. The molecule has 4 nitrogen and oxygen atoms in total. The Balaban J connectivity index is 1.80. The minimum atomic E-state index is -0.366. The zero-order valence-electron chi connectivity index (χ0n) is 14.5. The van der Waals surface area contributed by atoms with Crippen LogP contribution in [0, 0.1) is 11.7 Å². The monoisotopic (exact) mass is 362 g/mol. The molecule has 0 spiro atoms. The van der Waals surface area contributed by atoms with Crippen LogP contribution in [-0.4, -0.2) is 16.7 Å². The molecular weight excluding hydrogens is 339 g/mol. The smallest absolute Gasteiger partial charge is 0.220 e. The molecule has 0 aliphatic carbocycles. The number of hydrogen-bond donors (Lipinski definition) is 1. The molecule has 2 rings (SSSR count). The van der Waals surface area contributed by atoms with Gasteiger partial charge in [-0.1, -0.05) is 13.8 Å². The van der Waals surface area contributed by atoms with Crippen LogP contribution < -0.4 is 5.32 Å². The molecule has 1 aromatic carbocycles. The van der Waals surface area contributed by atoms with Crippen molar-refractivity contribution in [1.29, 1.82) is 0 Å². The van der Waals surface area contributed by atoms with Crippen LogP contribution in [0.1, 0.15) is 60.9 Å². The van der Waals surface area contributed by atoms with Crippen molar-refractivity contribution in [2.45, 2.75) is 45.6 Å². The second kappa shape index (κ2) is 9.42. The fourth-order valence-corrected chi connectivity index (χ4v) is 3.26. The normalized spacial score (nSPS) is 12.2. The van der Waals surface area contributed by atoms with E-state index in [0.717, 1.165) is 11.4 Å². The maximum Gasteiger partial charge on any atom is 0.220 e. The van der Waals surface area contributed by atoms with Crippen molar-refractivity contribution in [3.8, 4) is 0 Å². The van der Waals surface area contributed by atoms with E-state index in [-0.39, 0.29) is 36.4 Å². The van der Waals surface area contributed by atoms with Crippen molar-refractivity contribution < 1.29 is 14.0 Å². The highest BCUT2D eigenvalue weighted by Crippen LogP contribution is 2.23. The van der Waals surface area contributed by atoms with Crippen LogP contribution in [0.4, 0.5) is 4.39 Å². The molecule has 1 N–H and O–H groups in total. The number of carbonyl (C=O) groups excluding carboxylic acids is 2. The second-order valence-corrected chi connectivity index (χ2v) is 7.33. The van der Waals surface area contributed by atoms with Gasteiger partial charge >= 0.3 is 0 Å². The number of amides is 1. The summed E-state index contributed by atoms with van der Waals surface area (Å²) in [5, 5.41) is 5.83. The quantitative estimate of drug-likeness (QED) is 0.666. The van der Waals surface area contributed by atoms with Crippen molar-refractivity contribution in [2.75, 3.05) is 0 Å². The first-order valence-electron chi connectivity index (χ1n) is 8.43. The topological polar surface area (TPSA) is 59.1 Å². The SMILES string of the molecule is CC(C)CC(NC(=O)CCCC(=O)c1ccc(F)cc1)c1nccs1. The van der Waals surface area contributed by atoms with Gasteiger partial charge in [0.1, 0.15) is 10.8 Å². The summed E-state index contributed by atoms with van der Waals surface area (Å²) in [4.78, 5) is 28.5. The summed E-state index contributed by atoms with van der Waals surface area (Å²) in [6.07, 6.45) is 3.58. The van der Waals surface area contributed by atoms with Crippen LogP contribution in [0.3, 0.4) is 0 Å². The van der Waals surface area contributed by atoms with Gasteiger partial charge in [0.15, 0.2) is 5.78 Å². The van der Waals surface area contributed by atoms with E-state index in [0.29, 0.717) is 17.9 Å². The fraction of sp³-hybridized carbons (Fsp3) is 0.421. The van der Waals surface area contributed by atoms with Gasteiger partial charge in [-0.3, -0.25) is 9.59 Å². The molecule has 1 amide bonds. The lowest BCUT2D eigenvalue weighted by Gasteiger charge is -2.18. The van der Waals surface area contributed by atoms with Gasteiger partial charge in [-0.25, -0.2) is 9.37 Å². The molecule has 25 heavy (non-hydrogen) atoms. The Morgan fingerprint density at radius 3 is 2.52 bits per heavy atom. The molecule has 1 atom stereocenters. The molecule has 0 radical (unpaired) electrons. The largest absolute Gasteiger partial charge is 0.347 e. The fourth-order valence-electron chi connectivity index (χ4n) is 2.56. The third kappa shape index (κ3) is 6.38.